The maximum atomic E-state index is 11.0. The smallest absolute Gasteiger partial charge is 0.224 e. The summed E-state index contributed by atoms with van der Waals surface area (Å²) in [4.78, 5) is 11.0. The molecule has 1 amide bonds. The lowest BCUT2D eigenvalue weighted by Gasteiger charge is -2.15. The van der Waals surface area contributed by atoms with Crippen LogP contribution in [0.4, 0.5) is 0 Å². The van der Waals surface area contributed by atoms with Gasteiger partial charge in [-0.3, -0.25) is 4.79 Å². The quantitative estimate of drug-likeness (QED) is 0.535. The van der Waals surface area contributed by atoms with E-state index in [4.69, 9.17) is 5.73 Å². The number of amides is 1. The van der Waals surface area contributed by atoms with E-state index >= 15 is 0 Å². The molecule has 58 valence electrons. The first-order chi connectivity index (χ1) is 4.55. The lowest BCUT2D eigenvalue weighted by Crippen LogP contribution is -2.35. The van der Waals surface area contributed by atoms with Gasteiger partial charge < -0.3 is 11.1 Å². The predicted octanol–water partition coefficient (Wildman–Crippen LogP) is -0.140. The summed E-state index contributed by atoms with van der Waals surface area (Å²) in [5.41, 5.74) is 5.34. The van der Waals surface area contributed by atoms with Crippen molar-refractivity contribution in [1.82, 2.24) is 5.32 Å². The minimum absolute atomic E-state index is 0.0370. The van der Waals surface area contributed by atoms with Gasteiger partial charge in [0.05, 0.1) is 5.92 Å². The molecule has 0 saturated carbocycles. The molecule has 1 rings (SSSR count). The van der Waals surface area contributed by atoms with Crippen LogP contribution in [0.3, 0.4) is 0 Å². The first kappa shape index (κ1) is 7.54. The standard InChI is InChI=1S/C7H14N2O/c1-7(2)3-5(4-8)6(10)9-7/h5H,3-4,8H2,1-2H3,(H,9,10). The van der Waals surface area contributed by atoms with E-state index < -0.39 is 0 Å². The number of carbonyl (C=O) groups is 1. The zero-order valence-electron chi connectivity index (χ0n) is 6.48. The number of carbonyl (C=O) groups excluding carboxylic acids is 1. The summed E-state index contributed by atoms with van der Waals surface area (Å²) in [6.07, 6.45) is 0.863. The van der Waals surface area contributed by atoms with Crippen molar-refractivity contribution in [3.05, 3.63) is 0 Å². The van der Waals surface area contributed by atoms with E-state index in [2.05, 4.69) is 5.32 Å². The summed E-state index contributed by atoms with van der Waals surface area (Å²) in [7, 11) is 0. The van der Waals surface area contributed by atoms with Crippen molar-refractivity contribution in [2.75, 3.05) is 6.54 Å². The minimum Gasteiger partial charge on any atom is -0.351 e. The molecule has 1 atom stereocenters. The first-order valence-electron chi connectivity index (χ1n) is 3.57. The normalized spacial score (nSPS) is 30.3. The Morgan fingerprint density at radius 1 is 1.80 bits per heavy atom. The highest BCUT2D eigenvalue weighted by Crippen LogP contribution is 2.22. The van der Waals surface area contributed by atoms with Gasteiger partial charge in [-0.2, -0.15) is 0 Å². The molecule has 1 unspecified atom stereocenters. The second-order valence-corrected chi connectivity index (χ2v) is 3.51. The van der Waals surface area contributed by atoms with Crippen molar-refractivity contribution >= 4 is 5.91 Å². The van der Waals surface area contributed by atoms with Crippen LogP contribution in [-0.2, 0) is 4.79 Å². The van der Waals surface area contributed by atoms with Gasteiger partial charge in [-0.1, -0.05) is 0 Å². The second kappa shape index (κ2) is 2.23. The Bertz CT molecular complexity index is 154. The van der Waals surface area contributed by atoms with Crippen molar-refractivity contribution < 1.29 is 4.79 Å². The van der Waals surface area contributed by atoms with Gasteiger partial charge in [0, 0.05) is 12.1 Å². The van der Waals surface area contributed by atoms with E-state index in [0.717, 1.165) is 6.42 Å². The van der Waals surface area contributed by atoms with Crippen LogP contribution in [0.5, 0.6) is 0 Å². The molecule has 0 bridgehead atoms. The SMILES string of the molecule is CC1(C)CC(CN)C(=O)N1. The van der Waals surface area contributed by atoms with Gasteiger partial charge in [0.15, 0.2) is 0 Å². The molecule has 10 heavy (non-hydrogen) atoms. The van der Waals surface area contributed by atoms with Crippen LogP contribution < -0.4 is 11.1 Å². The van der Waals surface area contributed by atoms with Gasteiger partial charge in [-0.25, -0.2) is 0 Å². The second-order valence-electron chi connectivity index (χ2n) is 3.51. The molecule has 3 N–H and O–H groups in total. The van der Waals surface area contributed by atoms with Crippen molar-refractivity contribution in [1.29, 1.82) is 0 Å². The van der Waals surface area contributed by atoms with E-state index in [1.165, 1.54) is 0 Å². The van der Waals surface area contributed by atoms with Gasteiger partial charge in [-0.15, -0.1) is 0 Å². The van der Waals surface area contributed by atoms with Crippen molar-refractivity contribution in [3.63, 3.8) is 0 Å². The van der Waals surface area contributed by atoms with Crippen molar-refractivity contribution in [2.45, 2.75) is 25.8 Å². The van der Waals surface area contributed by atoms with E-state index in [1.54, 1.807) is 0 Å². The number of nitrogens with one attached hydrogen (secondary N) is 1. The van der Waals surface area contributed by atoms with Gasteiger partial charge >= 0.3 is 0 Å². The van der Waals surface area contributed by atoms with E-state index in [1.807, 2.05) is 13.8 Å². The van der Waals surface area contributed by atoms with Gasteiger partial charge in [-0.05, 0) is 20.3 Å². The summed E-state index contributed by atoms with van der Waals surface area (Å²) in [5.74, 6) is 0.141. The van der Waals surface area contributed by atoms with Gasteiger partial charge in [0.25, 0.3) is 0 Å². The molecule has 1 aliphatic rings. The topological polar surface area (TPSA) is 55.1 Å². The fourth-order valence-electron chi connectivity index (χ4n) is 1.39. The molecule has 0 aromatic heterocycles. The van der Waals surface area contributed by atoms with Crippen molar-refractivity contribution in [2.24, 2.45) is 11.7 Å². The minimum atomic E-state index is -0.0406. The summed E-state index contributed by atoms with van der Waals surface area (Å²) in [6, 6.07) is 0. The Balaban J connectivity index is 2.61. The molecule has 0 aromatic carbocycles. The van der Waals surface area contributed by atoms with Gasteiger partial charge in [0.2, 0.25) is 5.91 Å². The summed E-state index contributed by atoms with van der Waals surface area (Å²) in [5, 5.41) is 2.88. The first-order valence-corrected chi connectivity index (χ1v) is 3.57. The zero-order valence-corrected chi connectivity index (χ0v) is 6.48. The molecule has 0 radical (unpaired) electrons. The Morgan fingerprint density at radius 2 is 2.40 bits per heavy atom. The third kappa shape index (κ3) is 1.29. The highest BCUT2D eigenvalue weighted by molar-refractivity contribution is 5.82. The highest BCUT2D eigenvalue weighted by atomic mass is 16.2. The van der Waals surface area contributed by atoms with E-state index in [-0.39, 0.29) is 17.4 Å². The molecule has 3 nitrogen and oxygen atoms in total. The van der Waals surface area contributed by atoms with Crippen LogP contribution in [0.25, 0.3) is 0 Å². The number of rotatable bonds is 1. The largest absolute Gasteiger partial charge is 0.351 e. The Labute approximate surface area is 61.0 Å². The van der Waals surface area contributed by atoms with Gasteiger partial charge in [0.1, 0.15) is 0 Å². The summed E-state index contributed by atoms with van der Waals surface area (Å²) >= 11 is 0. The molecule has 1 fully saturated rings. The van der Waals surface area contributed by atoms with Crippen LogP contribution >= 0.6 is 0 Å². The van der Waals surface area contributed by atoms with Crippen LogP contribution in [0, 0.1) is 5.92 Å². The molecule has 1 heterocycles. The third-order valence-electron chi connectivity index (χ3n) is 1.87. The molecular formula is C7H14N2O. The lowest BCUT2D eigenvalue weighted by molar-refractivity contribution is -0.122. The average molecular weight is 142 g/mol. The van der Waals surface area contributed by atoms with Crippen LogP contribution in [0.2, 0.25) is 0 Å². The highest BCUT2D eigenvalue weighted by Gasteiger charge is 2.35. The Morgan fingerprint density at radius 3 is 2.60 bits per heavy atom. The van der Waals surface area contributed by atoms with E-state index in [0.29, 0.717) is 6.54 Å². The Hall–Kier alpha value is -0.570. The van der Waals surface area contributed by atoms with Crippen LogP contribution in [0.1, 0.15) is 20.3 Å². The number of hydrogen-bond donors (Lipinski definition) is 2. The molecule has 0 aromatic rings. The zero-order chi connectivity index (χ0) is 7.78. The number of nitrogens with two attached hydrogens (primary N) is 1. The Kier molecular flexibility index (Phi) is 1.68. The monoisotopic (exact) mass is 142 g/mol. The maximum absolute atomic E-state index is 11.0. The fraction of sp³-hybridized carbons (Fsp3) is 0.857. The summed E-state index contributed by atoms with van der Waals surface area (Å²) < 4.78 is 0. The molecule has 0 aliphatic carbocycles. The van der Waals surface area contributed by atoms with Crippen LogP contribution in [0.15, 0.2) is 0 Å². The fourth-order valence-corrected chi connectivity index (χ4v) is 1.39. The average Bonchev–Trinajstić information content (AvgIpc) is 2.05. The lowest BCUT2D eigenvalue weighted by atomic mass is 9.97. The molecule has 1 aliphatic heterocycles. The third-order valence-corrected chi connectivity index (χ3v) is 1.87. The van der Waals surface area contributed by atoms with Crippen molar-refractivity contribution in [3.8, 4) is 0 Å². The molecule has 0 spiro atoms. The maximum Gasteiger partial charge on any atom is 0.224 e. The van der Waals surface area contributed by atoms with Crippen LogP contribution in [-0.4, -0.2) is 18.0 Å². The molecular weight excluding hydrogens is 128 g/mol. The predicted molar refractivity (Wildman–Crippen MR) is 39.4 cm³/mol. The molecule has 3 heteroatoms. The van der Waals surface area contributed by atoms with E-state index in [9.17, 15) is 4.79 Å². The number of hydrogen-bond acceptors (Lipinski definition) is 2. The summed E-state index contributed by atoms with van der Waals surface area (Å²) in [6.45, 7) is 4.50. The molecule has 1 saturated heterocycles.